The average molecular weight is 280 g/mol. The molecule has 0 aromatic rings. The molecule has 100 valence electrons. The van der Waals surface area contributed by atoms with Crippen molar-refractivity contribution in [3.8, 4) is 0 Å². The fourth-order valence-corrected chi connectivity index (χ4v) is 3.19. The van der Waals surface area contributed by atoms with Crippen LogP contribution in [0.15, 0.2) is 0 Å². The Labute approximate surface area is 113 Å². The Morgan fingerprint density at radius 3 is 2.76 bits per heavy atom. The summed E-state index contributed by atoms with van der Waals surface area (Å²) in [6, 6.07) is 0.352. The fourth-order valence-electron chi connectivity index (χ4n) is 1.85. The van der Waals surface area contributed by atoms with Crippen molar-refractivity contribution in [2.45, 2.75) is 26.3 Å². The van der Waals surface area contributed by atoms with Gasteiger partial charge in [0, 0.05) is 31.3 Å². The molecule has 1 fully saturated rings. The molecule has 1 heterocycles. The van der Waals surface area contributed by atoms with Crippen molar-refractivity contribution >= 4 is 29.3 Å². The molecule has 1 unspecified atom stereocenters. The topological polar surface area (TPSA) is 29.5 Å². The number of hydrogen-bond acceptors (Lipinski definition) is 3. The van der Waals surface area contributed by atoms with Gasteiger partial charge in [0.15, 0.2) is 0 Å². The third-order valence-corrected chi connectivity index (χ3v) is 4.87. The number of hydrogen-bond donors (Lipinski definition) is 0. The van der Waals surface area contributed by atoms with Crippen molar-refractivity contribution in [2.75, 3.05) is 37.6 Å². The molecule has 1 atom stereocenters. The van der Waals surface area contributed by atoms with Gasteiger partial charge in [0.1, 0.15) is 0 Å². The summed E-state index contributed by atoms with van der Waals surface area (Å²) in [6.07, 6.45) is 1.08. The van der Waals surface area contributed by atoms with E-state index < -0.39 is 5.41 Å². The van der Waals surface area contributed by atoms with E-state index in [0.29, 0.717) is 25.1 Å². The molecule has 1 rings (SSSR count). The van der Waals surface area contributed by atoms with Crippen molar-refractivity contribution in [1.82, 2.24) is 4.90 Å². The van der Waals surface area contributed by atoms with Crippen LogP contribution in [-0.2, 0) is 9.53 Å². The highest BCUT2D eigenvalue weighted by Crippen LogP contribution is 2.27. The lowest BCUT2D eigenvalue weighted by molar-refractivity contribution is -0.141. The number of thioether (sulfide) groups is 1. The van der Waals surface area contributed by atoms with E-state index in [0.717, 1.165) is 17.9 Å². The number of amides is 1. The van der Waals surface area contributed by atoms with Gasteiger partial charge in [-0.1, -0.05) is 0 Å². The van der Waals surface area contributed by atoms with Crippen molar-refractivity contribution in [2.24, 2.45) is 5.41 Å². The molecule has 0 N–H and O–H groups in total. The van der Waals surface area contributed by atoms with Crippen LogP contribution in [0.25, 0.3) is 0 Å². The van der Waals surface area contributed by atoms with Crippen LogP contribution >= 0.6 is 23.4 Å². The van der Waals surface area contributed by atoms with Crippen LogP contribution in [0.1, 0.15) is 20.3 Å². The zero-order valence-electron chi connectivity index (χ0n) is 10.9. The van der Waals surface area contributed by atoms with E-state index in [2.05, 4.69) is 0 Å². The molecular weight excluding hydrogens is 258 g/mol. The number of carbonyl (C=O) groups excluding carboxylic acids is 1. The summed E-state index contributed by atoms with van der Waals surface area (Å²) in [5.74, 6) is 2.68. The summed E-state index contributed by atoms with van der Waals surface area (Å²) in [6.45, 7) is 5.07. The normalized spacial score (nSPS) is 20.6. The van der Waals surface area contributed by atoms with Crippen LogP contribution in [0.2, 0.25) is 0 Å². The minimum absolute atomic E-state index is 0.150. The lowest BCUT2D eigenvalue weighted by atomic mass is 9.93. The van der Waals surface area contributed by atoms with Crippen LogP contribution in [0.5, 0.6) is 0 Å². The summed E-state index contributed by atoms with van der Waals surface area (Å²) in [5.41, 5.74) is -0.484. The van der Waals surface area contributed by atoms with Gasteiger partial charge < -0.3 is 9.64 Å². The summed E-state index contributed by atoms with van der Waals surface area (Å²) in [4.78, 5) is 14.4. The summed E-state index contributed by atoms with van der Waals surface area (Å²) in [5, 5.41) is 0. The minimum atomic E-state index is -0.484. The SMILES string of the molecule is COCCN(C(=O)C(C)(C)CCl)C1CCSC1. The maximum Gasteiger partial charge on any atom is 0.229 e. The molecule has 1 saturated heterocycles. The second-order valence-electron chi connectivity index (χ2n) is 5.03. The molecule has 3 nitrogen and oxygen atoms in total. The molecule has 5 heteroatoms. The first-order valence-corrected chi connectivity index (χ1v) is 7.65. The lowest BCUT2D eigenvalue weighted by Gasteiger charge is -2.34. The minimum Gasteiger partial charge on any atom is -0.383 e. The van der Waals surface area contributed by atoms with Crippen molar-refractivity contribution in [1.29, 1.82) is 0 Å². The standard InChI is InChI=1S/C12H22ClNO2S/c1-12(2,9-13)11(15)14(5-6-16-3)10-4-7-17-8-10/h10H,4-9H2,1-3H3. The van der Waals surface area contributed by atoms with Gasteiger partial charge in [0.2, 0.25) is 5.91 Å². The summed E-state index contributed by atoms with van der Waals surface area (Å²) in [7, 11) is 1.67. The lowest BCUT2D eigenvalue weighted by Crippen LogP contribution is -2.49. The highest BCUT2D eigenvalue weighted by Gasteiger charge is 2.35. The molecule has 1 aliphatic rings. The van der Waals surface area contributed by atoms with Crippen molar-refractivity contribution < 1.29 is 9.53 Å². The smallest absolute Gasteiger partial charge is 0.229 e. The van der Waals surface area contributed by atoms with Gasteiger partial charge in [-0.3, -0.25) is 4.79 Å². The van der Waals surface area contributed by atoms with Crippen LogP contribution in [0.4, 0.5) is 0 Å². The van der Waals surface area contributed by atoms with Gasteiger partial charge in [-0.05, 0) is 26.0 Å². The van der Waals surface area contributed by atoms with Crippen LogP contribution < -0.4 is 0 Å². The maximum absolute atomic E-state index is 12.5. The number of rotatable bonds is 6. The van der Waals surface area contributed by atoms with E-state index in [1.54, 1.807) is 7.11 Å². The van der Waals surface area contributed by atoms with E-state index in [4.69, 9.17) is 16.3 Å². The highest BCUT2D eigenvalue weighted by molar-refractivity contribution is 7.99. The Morgan fingerprint density at radius 1 is 1.59 bits per heavy atom. The van der Waals surface area contributed by atoms with E-state index in [9.17, 15) is 4.79 Å². The largest absolute Gasteiger partial charge is 0.383 e. The Balaban J connectivity index is 2.70. The molecule has 1 aliphatic heterocycles. The number of carbonyl (C=O) groups is 1. The maximum atomic E-state index is 12.5. The molecule has 0 aliphatic carbocycles. The van der Waals surface area contributed by atoms with Gasteiger partial charge in [-0.2, -0.15) is 11.8 Å². The number of halogens is 1. The predicted octanol–water partition coefficient (Wildman–Crippen LogP) is 2.23. The predicted molar refractivity (Wildman–Crippen MR) is 73.8 cm³/mol. The van der Waals surface area contributed by atoms with E-state index in [1.165, 1.54) is 0 Å². The Bertz CT molecular complexity index is 255. The molecule has 0 saturated carbocycles. The zero-order valence-corrected chi connectivity index (χ0v) is 12.4. The number of alkyl halides is 1. The van der Waals surface area contributed by atoms with Gasteiger partial charge in [0.25, 0.3) is 0 Å². The first kappa shape index (κ1) is 15.1. The van der Waals surface area contributed by atoms with Gasteiger partial charge >= 0.3 is 0 Å². The first-order chi connectivity index (χ1) is 8.03. The molecule has 0 bridgehead atoms. The van der Waals surface area contributed by atoms with E-state index in [1.807, 2.05) is 30.5 Å². The zero-order chi connectivity index (χ0) is 12.9. The summed E-state index contributed by atoms with van der Waals surface area (Å²) < 4.78 is 5.09. The molecule has 0 aromatic carbocycles. The van der Waals surface area contributed by atoms with Crippen molar-refractivity contribution in [3.05, 3.63) is 0 Å². The molecule has 0 radical (unpaired) electrons. The number of nitrogens with zero attached hydrogens (tertiary/aromatic N) is 1. The van der Waals surface area contributed by atoms with Gasteiger partial charge in [0.05, 0.1) is 12.0 Å². The van der Waals surface area contributed by atoms with Gasteiger partial charge in [-0.15, -0.1) is 11.6 Å². The third kappa shape index (κ3) is 4.04. The second kappa shape index (κ2) is 6.86. The Kier molecular flexibility index (Phi) is 6.10. The average Bonchev–Trinajstić information content (AvgIpc) is 2.83. The quantitative estimate of drug-likeness (QED) is 0.699. The number of ether oxygens (including phenoxy) is 1. The molecule has 17 heavy (non-hydrogen) atoms. The van der Waals surface area contributed by atoms with Gasteiger partial charge in [-0.25, -0.2) is 0 Å². The van der Waals surface area contributed by atoms with Crippen LogP contribution in [0, 0.1) is 5.41 Å². The Morgan fingerprint density at radius 2 is 2.29 bits per heavy atom. The second-order valence-corrected chi connectivity index (χ2v) is 6.44. The Hall–Kier alpha value is 0.0700. The molecule has 1 amide bonds. The highest BCUT2D eigenvalue weighted by atomic mass is 35.5. The van der Waals surface area contributed by atoms with Crippen molar-refractivity contribution in [3.63, 3.8) is 0 Å². The van der Waals surface area contributed by atoms with E-state index in [-0.39, 0.29) is 5.91 Å². The number of methoxy groups -OCH3 is 1. The third-order valence-electron chi connectivity index (χ3n) is 3.06. The van der Waals surface area contributed by atoms with Crippen LogP contribution in [-0.4, -0.2) is 54.5 Å². The fraction of sp³-hybridized carbons (Fsp3) is 0.917. The monoisotopic (exact) mass is 279 g/mol. The molecule has 0 spiro atoms. The molecule has 0 aromatic heterocycles. The van der Waals surface area contributed by atoms with E-state index >= 15 is 0 Å². The first-order valence-electron chi connectivity index (χ1n) is 5.96. The van der Waals surface area contributed by atoms with Crippen LogP contribution in [0.3, 0.4) is 0 Å². The summed E-state index contributed by atoms with van der Waals surface area (Å²) >= 11 is 7.80. The molecular formula is C12H22ClNO2S.